The summed E-state index contributed by atoms with van der Waals surface area (Å²) in [6.07, 6.45) is 1.57. The number of carboxylic acid groups (broad SMARTS) is 1. The number of carbonyl (C=O) groups is 2. The van der Waals surface area contributed by atoms with E-state index >= 15 is 0 Å². The van der Waals surface area contributed by atoms with Gasteiger partial charge in [-0.05, 0) is 30.3 Å². The summed E-state index contributed by atoms with van der Waals surface area (Å²) in [6, 6.07) is 6.48. The summed E-state index contributed by atoms with van der Waals surface area (Å²) in [4.78, 5) is 21.7. The first-order valence-electron chi connectivity index (χ1n) is 5.02. The van der Waals surface area contributed by atoms with Crippen molar-refractivity contribution in [1.82, 2.24) is 0 Å². The summed E-state index contributed by atoms with van der Waals surface area (Å²) < 4.78 is 23.1. The van der Waals surface area contributed by atoms with Gasteiger partial charge in [0.05, 0.1) is 11.0 Å². The van der Waals surface area contributed by atoms with Gasteiger partial charge >= 0.3 is 5.97 Å². The first kappa shape index (κ1) is 14.6. The number of benzene rings is 1. The maximum absolute atomic E-state index is 11.5. The van der Waals surface area contributed by atoms with Crippen molar-refractivity contribution >= 4 is 21.6 Å². The van der Waals surface area contributed by atoms with Gasteiger partial charge in [0.1, 0.15) is 5.75 Å². The summed E-state index contributed by atoms with van der Waals surface area (Å²) in [5.74, 6) is -2.44. The molecule has 0 unspecified atom stereocenters. The summed E-state index contributed by atoms with van der Waals surface area (Å²) in [6.45, 7) is 0. The molecule has 0 aliphatic rings. The molecule has 1 rings (SSSR count). The van der Waals surface area contributed by atoms with E-state index in [1.807, 2.05) is 0 Å². The molecule has 0 fully saturated rings. The number of hydrogen-bond donors (Lipinski definition) is 1. The fourth-order valence-electron chi connectivity index (χ4n) is 1.24. The van der Waals surface area contributed by atoms with Gasteiger partial charge < -0.3 is 5.11 Å². The van der Waals surface area contributed by atoms with E-state index in [2.05, 4.69) is 0 Å². The lowest BCUT2D eigenvalue weighted by Crippen LogP contribution is -2.05. The zero-order chi connectivity index (χ0) is 14.5. The van der Waals surface area contributed by atoms with Gasteiger partial charge in [0.15, 0.2) is 15.6 Å². The number of allylic oxidation sites excluding steroid dienone is 1. The molecule has 0 aromatic heterocycles. The summed E-state index contributed by atoms with van der Waals surface area (Å²) in [5, 5.41) is 16.8. The highest BCUT2D eigenvalue weighted by atomic mass is 32.2. The van der Waals surface area contributed by atoms with Crippen molar-refractivity contribution in [3.05, 3.63) is 42.0 Å². The van der Waals surface area contributed by atoms with Crippen molar-refractivity contribution < 1.29 is 23.1 Å². The Labute approximate surface area is 109 Å². The van der Waals surface area contributed by atoms with Crippen molar-refractivity contribution in [2.45, 2.75) is 4.90 Å². The lowest BCUT2D eigenvalue weighted by atomic mass is 10.1. The lowest BCUT2D eigenvalue weighted by molar-refractivity contribution is -0.131. The molecule has 0 aliphatic carbocycles. The second-order valence-corrected chi connectivity index (χ2v) is 5.47. The summed E-state index contributed by atoms with van der Waals surface area (Å²) >= 11 is 0. The van der Waals surface area contributed by atoms with Crippen LogP contribution in [0, 0.1) is 11.3 Å². The maximum atomic E-state index is 11.5. The van der Waals surface area contributed by atoms with Crippen LogP contribution in [0.2, 0.25) is 0 Å². The number of carboxylic acids is 1. The Bertz CT molecular complexity index is 665. The van der Waals surface area contributed by atoms with E-state index in [-0.39, 0.29) is 10.5 Å². The molecule has 0 saturated heterocycles. The number of aliphatic carboxylic acids is 1. The van der Waals surface area contributed by atoms with Gasteiger partial charge in [-0.3, -0.25) is 4.79 Å². The first-order chi connectivity index (χ1) is 8.86. The van der Waals surface area contributed by atoms with Crippen LogP contribution in [0.25, 0.3) is 0 Å². The predicted molar refractivity (Wildman–Crippen MR) is 65.2 cm³/mol. The molecule has 0 radical (unpaired) electrons. The highest BCUT2D eigenvalue weighted by Gasteiger charge is 2.14. The molecule has 19 heavy (non-hydrogen) atoms. The molecule has 0 spiro atoms. The number of nitriles is 1. The fraction of sp³-hybridized carbons (Fsp3) is 0.0833. The molecule has 98 valence electrons. The van der Waals surface area contributed by atoms with E-state index in [4.69, 9.17) is 10.4 Å². The van der Waals surface area contributed by atoms with E-state index in [0.717, 1.165) is 6.08 Å². The normalized spacial score (nSPS) is 11.1. The monoisotopic (exact) mass is 279 g/mol. The summed E-state index contributed by atoms with van der Waals surface area (Å²) in [7, 11) is -3.66. The Hall–Kier alpha value is -2.46. The first-order valence-corrected chi connectivity index (χ1v) is 6.67. The lowest BCUT2D eigenvalue weighted by Gasteiger charge is -2.01. The number of rotatable bonds is 5. The second-order valence-electron chi connectivity index (χ2n) is 3.48. The van der Waals surface area contributed by atoms with Gasteiger partial charge in [0.25, 0.3) is 0 Å². The quantitative estimate of drug-likeness (QED) is 0.630. The molecule has 1 N–H and O–H groups in total. The molecule has 0 atom stereocenters. The van der Waals surface area contributed by atoms with Crippen LogP contribution >= 0.6 is 0 Å². The molecule has 0 bridgehead atoms. The Morgan fingerprint density at radius 2 is 1.79 bits per heavy atom. The fourth-order valence-corrected chi connectivity index (χ4v) is 2.13. The molecule has 0 amide bonds. The second kappa shape index (κ2) is 5.93. The average molecular weight is 279 g/mol. The summed E-state index contributed by atoms with van der Waals surface area (Å²) in [5.41, 5.74) is 0.161. The molecule has 7 heteroatoms. The highest BCUT2D eigenvalue weighted by Crippen LogP contribution is 2.13. The molecule has 1 aromatic carbocycles. The molecule has 1 aromatic rings. The van der Waals surface area contributed by atoms with Crippen LogP contribution in [0.5, 0.6) is 0 Å². The largest absolute Gasteiger partial charge is 0.478 e. The SMILES string of the molecule is N#CCS(=O)(=O)c1ccc(C(=O)/C=C/C(=O)O)cc1. The minimum Gasteiger partial charge on any atom is -0.478 e. The Balaban J connectivity index is 2.98. The number of nitrogens with zero attached hydrogens (tertiary/aromatic N) is 1. The molecule has 0 heterocycles. The average Bonchev–Trinajstić information content (AvgIpc) is 2.36. The van der Waals surface area contributed by atoms with Crippen LogP contribution in [0.4, 0.5) is 0 Å². The predicted octanol–water partition coefficient (Wildman–Crippen LogP) is 0.807. The third-order valence-corrected chi connectivity index (χ3v) is 3.63. The Morgan fingerprint density at radius 1 is 1.21 bits per heavy atom. The van der Waals surface area contributed by atoms with Crippen LogP contribution in [0.3, 0.4) is 0 Å². The molecule has 0 saturated carbocycles. The van der Waals surface area contributed by atoms with Gasteiger partial charge in [-0.25, -0.2) is 13.2 Å². The Kier molecular flexibility index (Phi) is 4.56. The van der Waals surface area contributed by atoms with Gasteiger partial charge in [-0.15, -0.1) is 0 Å². The molecular formula is C12H9NO5S. The van der Waals surface area contributed by atoms with Crippen LogP contribution in [-0.2, 0) is 14.6 Å². The third-order valence-electron chi connectivity index (χ3n) is 2.13. The number of carbonyl (C=O) groups excluding carboxylic acids is 1. The highest BCUT2D eigenvalue weighted by molar-refractivity contribution is 7.91. The maximum Gasteiger partial charge on any atom is 0.328 e. The van der Waals surface area contributed by atoms with Gasteiger partial charge in [-0.2, -0.15) is 5.26 Å². The van der Waals surface area contributed by atoms with Crippen molar-refractivity contribution in [3.63, 3.8) is 0 Å². The van der Waals surface area contributed by atoms with Crippen LogP contribution in [0.1, 0.15) is 10.4 Å². The third kappa shape index (κ3) is 4.04. The van der Waals surface area contributed by atoms with Gasteiger partial charge in [0.2, 0.25) is 0 Å². The minimum absolute atomic E-state index is 0.0622. The molecule has 6 nitrogen and oxygen atoms in total. The Morgan fingerprint density at radius 3 is 2.26 bits per heavy atom. The van der Waals surface area contributed by atoms with E-state index in [9.17, 15) is 18.0 Å². The van der Waals surface area contributed by atoms with E-state index in [1.165, 1.54) is 24.3 Å². The van der Waals surface area contributed by atoms with Crippen molar-refractivity contribution in [2.75, 3.05) is 5.75 Å². The van der Waals surface area contributed by atoms with Crippen molar-refractivity contribution in [1.29, 1.82) is 5.26 Å². The number of ketones is 1. The molecular weight excluding hydrogens is 270 g/mol. The van der Waals surface area contributed by atoms with Gasteiger partial charge in [-0.1, -0.05) is 0 Å². The van der Waals surface area contributed by atoms with E-state index in [0.29, 0.717) is 6.08 Å². The smallest absolute Gasteiger partial charge is 0.328 e. The van der Waals surface area contributed by atoms with Crippen LogP contribution in [-0.4, -0.2) is 31.0 Å². The van der Waals surface area contributed by atoms with E-state index < -0.39 is 27.3 Å². The molecule has 0 aliphatic heterocycles. The minimum atomic E-state index is -3.66. The van der Waals surface area contributed by atoms with Gasteiger partial charge in [0, 0.05) is 11.6 Å². The van der Waals surface area contributed by atoms with Crippen LogP contribution < -0.4 is 0 Å². The number of sulfone groups is 1. The van der Waals surface area contributed by atoms with E-state index in [1.54, 1.807) is 6.07 Å². The van der Waals surface area contributed by atoms with Crippen molar-refractivity contribution in [2.24, 2.45) is 0 Å². The van der Waals surface area contributed by atoms with Crippen LogP contribution in [0.15, 0.2) is 41.3 Å². The standard InChI is InChI=1S/C12H9NO5S/c13-7-8-19(17,18)10-3-1-9(2-4-10)11(14)5-6-12(15)16/h1-6H,8H2,(H,15,16)/b6-5+. The topological polar surface area (TPSA) is 112 Å². The van der Waals surface area contributed by atoms with Crippen molar-refractivity contribution in [3.8, 4) is 6.07 Å². The zero-order valence-electron chi connectivity index (χ0n) is 9.61. The number of hydrogen-bond acceptors (Lipinski definition) is 5. The zero-order valence-corrected chi connectivity index (χ0v) is 10.4.